The smallest absolute Gasteiger partial charge is 0.354 e. The molecule has 0 radical (unpaired) electrons. The maximum absolute atomic E-state index is 13.4. The van der Waals surface area contributed by atoms with Gasteiger partial charge < -0.3 is 9.64 Å². The Morgan fingerprint density at radius 1 is 1.17 bits per heavy atom. The van der Waals surface area contributed by atoms with Crippen molar-refractivity contribution in [1.82, 2.24) is 4.90 Å². The fourth-order valence-corrected chi connectivity index (χ4v) is 4.08. The third-order valence-electron chi connectivity index (χ3n) is 5.50. The van der Waals surface area contributed by atoms with Crippen LogP contribution in [0.4, 0.5) is 5.69 Å². The molecule has 2 aromatic rings. The van der Waals surface area contributed by atoms with Crippen molar-refractivity contribution in [3.05, 3.63) is 77.9 Å². The summed E-state index contributed by atoms with van der Waals surface area (Å²) in [7, 11) is 0. The van der Waals surface area contributed by atoms with Crippen molar-refractivity contribution in [1.29, 1.82) is 0 Å². The Morgan fingerprint density at radius 2 is 1.90 bits per heavy atom. The molecule has 4 rings (SSSR count). The quantitative estimate of drug-likeness (QED) is 0.581. The highest BCUT2D eigenvalue weighted by Gasteiger charge is 2.61. The van der Waals surface area contributed by atoms with E-state index in [9.17, 15) is 14.4 Å². The highest BCUT2D eigenvalue weighted by molar-refractivity contribution is 6.15. The zero-order valence-electron chi connectivity index (χ0n) is 16.3. The lowest BCUT2D eigenvalue weighted by molar-refractivity contribution is -0.158. The van der Waals surface area contributed by atoms with Crippen LogP contribution in [0.15, 0.2) is 61.2 Å². The lowest BCUT2D eigenvalue weighted by Gasteiger charge is -2.48. The summed E-state index contributed by atoms with van der Waals surface area (Å²) in [5, 5.41) is 0. The number of ether oxygens (including phenoxy) is 1. The molecular weight excluding hydrogens is 368 g/mol. The Bertz CT molecular complexity index is 998. The molecule has 2 amide bonds. The number of nitrogens with zero attached hydrogens (tertiary/aromatic N) is 2. The van der Waals surface area contributed by atoms with E-state index in [0.29, 0.717) is 11.3 Å². The van der Waals surface area contributed by atoms with Crippen LogP contribution in [-0.4, -0.2) is 34.9 Å². The highest BCUT2D eigenvalue weighted by atomic mass is 16.5. The molecule has 1 atom stereocenters. The van der Waals surface area contributed by atoms with E-state index < -0.39 is 11.6 Å². The molecular formula is C23H22N2O4. The molecule has 6 heteroatoms. The average molecular weight is 390 g/mol. The Hall–Kier alpha value is -3.41. The Kier molecular flexibility index (Phi) is 4.70. The molecule has 29 heavy (non-hydrogen) atoms. The fraction of sp³-hybridized carbons (Fsp3) is 0.261. The van der Waals surface area contributed by atoms with Gasteiger partial charge in [-0.15, -0.1) is 6.58 Å². The standard InChI is InChI=1S/C23H22N2O4/c1-3-14-24-21(27)18-6-4-5-7-19(18)25-20(26)12-13-23(24,25)22(28)29-15-17-10-8-16(2)9-11-17/h3-11H,1,12-15H2,2H3/t23-/m1/s1. The monoisotopic (exact) mass is 390 g/mol. The van der Waals surface area contributed by atoms with Gasteiger partial charge in [0.1, 0.15) is 6.61 Å². The van der Waals surface area contributed by atoms with Crippen LogP contribution in [0.25, 0.3) is 0 Å². The van der Waals surface area contributed by atoms with Crippen molar-refractivity contribution in [3.8, 4) is 0 Å². The molecule has 0 aliphatic carbocycles. The number of esters is 1. The van der Waals surface area contributed by atoms with Crippen molar-refractivity contribution in [2.75, 3.05) is 11.4 Å². The molecule has 1 fully saturated rings. The largest absolute Gasteiger partial charge is 0.458 e. The number of carbonyl (C=O) groups excluding carboxylic acids is 3. The highest BCUT2D eigenvalue weighted by Crippen LogP contribution is 2.45. The number of para-hydroxylation sites is 1. The number of aryl methyl sites for hydroxylation is 1. The molecule has 0 saturated carbocycles. The molecule has 0 unspecified atom stereocenters. The van der Waals surface area contributed by atoms with E-state index in [1.54, 1.807) is 30.3 Å². The van der Waals surface area contributed by atoms with E-state index in [1.807, 2.05) is 31.2 Å². The fourth-order valence-electron chi connectivity index (χ4n) is 4.08. The molecule has 2 aromatic carbocycles. The minimum absolute atomic E-state index is 0.0701. The Labute approximate surface area is 169 Å². The van der Waals surface area contributed by atoms with Crippen LogP contribution in [0.1, 0.15) is 34.3 Å². The van der Waals surface area contributed by atoms with Crippen LogP contribution in [0.2, 0.25) is 0 Å². The summed E-state index contributed by atoms with van der Waals surface area (Å²) in [5.41, 5.74) is 1.31. The van der Waals surface area contributed by atoms with Gasteiger partial charge in [-0.1, -0.05) is 48.0 Å². The van der Waals surface area contributed by atoms with Crippen LogP contribution in [-0.2, 0) is 20.9 Å². The lowest BCUT2D eigenvalue weighted by Crippen LogP contribution is -2.68. The second kappa shape index (κ2) is 7.20. The summed E-state index contributed by atoms with van der Waals surface area (Å²) >= 11 is 0. The second-order valence-electron chi connectivity index (χ2n) is 7.33. The number of rotatable bonds is 5. The molecule has 0 spiro atoms. The van der Waals surface area contributed by atoms with Gasteiger partial charge in [-0.3, -0.25) is 14.5 Å². The zero-order valence-corrected chi connectivity index (χ0v) is 16.3. The Morgan fingerprint density at radius 3 is 2.62 bits per heavy atom. The maximum atomic E-state index is 13.4. The van der Waals surface area contributed by atoms with E-state index in [2.05, 4.69) is 6.58 Å². The molecule has 0 N–H and O–H groups in total. The first-order valence-corrected chi connectivity index (χ1v) is 9.57. The summed E-state index contributed by atoms with van der Waals surface area (Å²) in [4.78, 5) is 42.2. The van der Waals surface area contributed by atoms with Gasteiger partial charge in [0.05, 0.1) is 11.3 Å². The number of carbonyl (C=O) groups is 3. The van der Waals surface area contributed by atoms with Crippen LogP contribution < -0.4 is 4.90 Å². The number of hydrogen-bond acceptors (Lipinski definition) is 4. The van der Waals surface area contributed by atoms with Gasteiger partial charge >= 0.3 is 5.97 Å². The van der Waals surface area contributed by atoms with Gasteiger partial charge in [0, 0.05) is 19.4 Å². The summed E-state index contributed by atoms with van der Waals surface area (Å²) in [6, 6.07) is 14.5. The first kappa shape index (κ1) is 18.9. The van der Waals surface area contributed by atoms with E-state index in [-0.39, 0.29) is 37.8 Å². The van der Waals surface area contributed by atoms with Crippen molar-refractivity contribution >= 4 is 23.5 Å². The number of anilines is 1. The average Bonchev–Trinajstić information content (AvgIpc) is 3.09. The summed E-state index contributed by atoms with van der Waals surface area (Å²) < 4.78 is 5.64. The first-order chi connectivity index (χ1) is 14.0. The number of fused-ring (bicyclic) bond motifs is 3. The van der Waals surface area contributed by atoms with Gasteiger partial charge in [0.25, 0.3) is 5.91 Å². The number of hydrogen-bond donors (Lipinski definition) is 0. The molecule has 2 heterocycles. The van der Waals surface area contributed by atoms with E-state index in [4.69, 9.17) is 4.74 Å². The molecule has 148 valence electrons. The predicted molar refractivity (Wildman–Crippen MR) is 108 cm³/mol. The van der Waals surface area contributed by atoms with Crippen LogP contribution in [0.5, 0.6) is 0 Å². The molecule has 0 aromatic heterocycles. The maximum Gasteiger partial charge on any atom is 0.354 e. The number of benzene rings is 2. The van der Waals surface area contributed by atoms with Gasteiger partial charge in [0.15, 0.2) is 0 Å². The van der Waals surface area contributed by atoms with Crippen LogP contribution in [0, 0.1) is 6.92 Å². The van der Waals surface area contributed by atoms with Gasteiger partial charge in [-0.05, 0) is 24.6 Å². The molecule has 2 aliphatic heterocycles. The van der Waals surface area contributed by atoms with Crippen molar-refractivity contribution in [3.63, 3.8) is 0 Å². The van der Waals surface area contributed by atoms with Gasteiger partial charge in [-0.2, -0.15) is 0 Å². The van der Waals surface area contributed by atoms with Gasteiger partial charge in [-0.25, -0.2) is 4.79 Å². The summed E-state index contributed by atoms with van der Waals surface area (Å²) in [5.74, 6) is -1.11. The minimum atomic E-state index is -1.48. The third kappa shape index (κ3) is 2.92. The normalized spacial score (nSPS) is 20.3. The summed E-state index contributed by atoms with van der Waals surface area (Å²) in [6.07, 6.45) is 1.91. The molecule has 0 bridgehead atoms. The predicted octanol–water partition coefficient (Wildman–Crippen LogP) is 3.20. The minimum Gasteiger partial charge on any atom is -0.458 e. The zero-order chi connectivity index (χ0) is 20.6. The lowest BCUT2D eigenvalue weighted by atomic mass is 9.96. The summed E-state index contributed by atoms with van der Waals surface area (Å²) in [6.45, 7) is 5.91. The number of amides is 2. The Balaban J connectivity index is 1.74. The molecule has 6 nitrogen and oxygen atoms in total. The van der Waals surface area contributed by atoms with E-state index >= 15 is 0 Å². The van der Waals surface area contributed by atoms with Crippen LogP contribution >= 0.6 is 0 Å². The van der Waals surface area contributed by atoms with E-state index in [0.717, 1.165) is 11.1 Å². The molecule has 1 saturated heterocycles. The van der Waals surface area contributed by atoms with Crippen molar-refractivity contribution < 1.29 is 19.1 Å². The third-order valence-corrected chi connectivity index (χ3v) is 5.50. The SMILES string of the molecule is C=CCN1C(=O)c2ccccc2N2C(=O)CC[C@@]12C(=O)OCc1ccc(C)cc1. The van der Waals surface area contributed by atoms with Crippen molar-refractivity contribution in [2.45, 2.75) is 32.0 Å². The topological polar surface area (TPSA) is 66.9 Å². The van der Waals surface area contributed by atoms with E-state index in [1.165, 1.54) is 9.80 Å². The van der Waals surface area contributed by atoms with Gasteiger partial charge in [0.2, 0.25) is 11.6 Å². The molecule has 2 aliphatic rings. The van der Waals surface area contributed by atoms with Crippen LogP contribution in [0.3, 0.4) is 0 Å². The van der Waals surface area contributed by atoms with Crippen molar-refractivity contribution in [2.24, 2.45) is 0 Å². The first-order valence-electron chi connectivity index (χ1n) is 9.57. The second-order valence-corrected chi connectivity index (χ2v) is 7.33.